The maximum atomic E-state index is 5.80. The molecule has 0 spiro atoms. The van der Waals surface area contributed by atoms with E-state index in [0.29, 0.717) is 0 Å². The van der Waals surface area contributed by atoms with Crippen LogP contribution in [0.5, 0.6) is 0 Å². The van der Waals surface area contributed by atoms with Crippen LogP contribution in [0.25, 0.3) is 11.3 Å². The van der Waals surface area contributed by atoms with Gasteiger partial charge in [-0.05, 0) is 40.7 Å². The summed E-state index contributed by atoms with van der Waals surface area (Å²) in [6.45, 7) is 9.45. The third-order valence-corrected chi connectivity index (χ3v) is 3.06. The van der Waals surface area contributed by atoms with Crippen molar-refractivity contribution in [3.63, 3.8) is 0 Å². The van der Waals surface area contributed by atoms with Crippen molar-refractivity contribution in [3.05, 3.63) is 24.0 Å². The van der Waals surface area contributed by atoms with Gasteiger partial charge in [0, 0.05) is 25.2 Å². The van der Waals surface area contributed by atoms with Crippen molar-refractivity contribution in [3.8, 4) is 11.3 Å². The van der Waals surface area contributed by atoms with E-state index < -0.39 is 0 Å². The highest BCUT2D eigenvalue weighted by molar-refractivity contribution is 5.58. The Morgan fingerprint density at radius 3 is 2.70 bits per heavy atom. The van der Waals surface area contributed by atoms with Gasteiger partial charge < -0.3 is 9.73 Å². The van der Waals surface area contributed by atoms with Crippen LogP contribution in [0.2, 0.25) is 0 Å². The fourth-order valence-corrected chi connectivity index (χ4v) is 2.09. The first-order chi connectivity index (χ1) is 9.35. The SMILES string of the molecule is Cc1nn(C)cc1-c1cnc(CCCNC(C)(C)C)o1. The molecule has 0 saturated heterocycles. The topological polar surface area (TPSA) is 55.9 Å². The van der Waals surface area contributed by atoms with Crippen LogP contribution in [-0.4, -0.2) is 26.8 Å². The van der Waals surface area contributed by atoms with Crippen molar-refractivity contribution in [2.75, 3.05) is 6.54 Å². The number of hydrogen-bond donors (Lipinski definition) is 1. The van der Waals surface area contributed by atoms with Crippen LogP contribution in [-0.2, 0) is 13.5 Å². The summed E-state index contributed by atoms with van der Waals surface area (Å²) in [6, 6.07) is 0. The van der Waals surface area contributed by atoms with Crippen LogP contribution in [0.3, 0.4) is 0 Å². The molecule has 0 unspecified atom stereocenters. The molecule has 20 heavy (non-hydrogen) atoms. The molecular weight excluding hydrogens is 252 g/mol. The van der Waals surface area contributed by atoms with Crippen LogP contribution < -0.4 is 5.32 Å². The van der Waals surface area contributed by atoms with Crippen LogP contribution in [0, 0.1) is 6.92 Å². The lowest BCUT2D eigenvalue weighted by Crippen LogP contribution is -2.36. The predicted molar refractivity (Wildman–Crippen MR) is 79.5 cm³/mol. The van der Waals surface area contributed by atoms with Crippen LogP contribution in [0.15, 0.2) is 16.8 Å². The Labute approximate surface area is 120 Å². The Bertz CT molecular complexity index is 563. The lowest BCUT2D eigenvalue weighted by atomic mass is 10.1. The largest absolute Gasteiger partial charge is 0.441 e. The van der Waals surface area contributed by atoms with E-state index in [-0.39, 0.29) is 5.54 Å². The van der Waals surface area contributed by atoms with Crippen LogP contribution >= 0.6 is 0 Å². The minimum Gasteiger partial charge on any atom is -0.441 e. The molecular formula is C15H24N4O. The normalized spacial score (nSPS) is 12.1. The molecule has 0 radical (unpaired) electrons. The summed E-state index contributed by atoms with van der Waals surface area (Å²) in [5.41, 5.74) is 2.14. The number of aromatic nitrogens is 3. The highest BCUT2D eigenvalue weighted by Gasteiger charge is 2.12. The van der Waals surface area contributed by atoms with E-state index in [2.05, 4.69) is 36.2 Å². The van der Waals surface area contributed by atoms with Crippen molar-refractivity contribution in [1.82, 2.24) is 20.1 Å². The number of rotatable bonds is 5. The first kappa shape index (κ1) is 14.8. The van der Waals surface area contributed by atoms with Gasteiger partial charge in [0.2, 0.25) is 0 Å². The quantitative estimate of drug-likeness (QED) is 0.853. The molecule has 0 aliphatic heterocycles. The lowest BCUT2D eigenvalue weighted by Gasteiger charge is -2.19. The molecule has 2 aromatic rings. The van der Waals surface area contributed by atoms with Gasteiger partial charge in [0.25, 0.3) is 0 Å². The van der Waals surface area contributed by atoms with E-state index in [1.54, 1.807) is 10.9 Å². The van der Waals surface area contributed by atoms with E-state index in [0.717, 1.165) is 42.3 Å². The van der Waals surface area contributed by atoms with Crippen molar-refractivity contribution in [2.24, 2.45) is 7.05 Å². The smallest absolute Gasteiger partial charge is 0.194 e. The van der Waals surface area contributed by atoms with Crippen molar-refractivity contribution < 1.29 is 4.42 Å². The highest BCUT2D eigenvalue weighted by Crippen LogP contribution is 2.23. The molecule has 1 N–H and O–H groups in total. The maximum absolute atomic E-state index is 5.80. The number of nitrogens with one attached hydrogen (secondary N) is 1. The molecule has 110 valence electrons. The molecule has 0 aliphatic rings. The minimum absolute atomic E-state index is 0.161. The van der Waals surface area contributed by atoms with E-state index in [9.17, 15) is 0 Å². The van der Waals surface area contributed by atoms with Gasteiger partial charge in [0.15, 0.2) is 11.7 Å². The molecule has 0 bridgehead atoms. The third kappa shape index (κ3) is 3.93. The molecule has 0 aliphatic carbocycles. The summed E-state index contributed by atoms with van der Waals surface area (Å²) in [7, 11) is 1.91. The summed E-state index contributed by atoms with van der Waals surface area (Å²) in [6.07, 6.45) is 5.61. The second-order valence-corrected chi connectivity index (χ2v) is 6.20. The molecule has 2 heterocycles. The van der Waals surface area contributed by atoms with Crippen molar-refractivity contribution in [1.29, 1.82) is 0 Å². The predicted octanol–water partition coefficient (Wildman–Crippen LogP) is 2.70. The average molecular weight is 276 g/mol. The Hall–Kier alpha value is -1.62. The van der Waals surface area contributed by atoms with E-state index in [1.165, 1.54) is 0 Å². The monoisotopic (exact) mass is 276 g/mol. The first-order valence-electron chi connectivity index (χ1n) is 7.05. The van der Waals surface area contributed by atoms with Gasteiger partial charge in [-0.3, -0.25) is 4.68 Å². The molecule has 0 aromatic carbocycles. The Morgan fingerprint density at radius 2 is 2.10 bits per heavy atom. The summed E-state index contributed by atoms with van der Waals surface area (Å²) in [5.74, 6) is 1.59. The maximum Gasteiger partial charge on any atom is 0.194 e. The molecule has 0 atom stereocenters. The Kier molecular flexibility index (Phi) is 4.28. The van der Waals surface area contributed by atoms with Crippen molar-refractivity contribution in [2.45, 2.75) is 46.1 Å². The molecule has 0 fully saturated rings. The standard InChI is InChI=1S/C15H24N4O/c1-11-12(10-19(5)18-11)13-9-16-14(20-13)7-6-8-17-15(2,3)4/h9-10,17H,6-8H2,1-5H3. The van der Waals surface area contributed by atoms with Gasteiger partial charge in [0.05, 0.1) is 17.5 Å². The van der Waals surface area contributed by atoms with Crippen LogP contribution in [0.1, 0.15) is 38.8 Å². The molecule has 5 nitrogen and oxygen atoms in total. The molecule has 0 saturated carbocycles. The molecule has 2 aromatic heterocycles. The van der Waals surface area contributed by atoms with Gasteiger partial charge in [0.1, 0.15) is 0 Å². The van der Waals surface area contributed by atoms with E-state index in [4.69, 9.17) is 4.42 Å². The van der Waals surface area contributed by atoms with Crippen molar-refractivity contribution >= 4 is 0 Å². The third-order valence-electron chi connectivity index (χ3n) is 3.06. The second kappa shape index (κ2) is 5.79. The Morgan fingerprint density at radius 1 is 1.35 bits per heavy atom. The minimum atomic E-state index is 0.161. The molecule has 5 heteroatoms. The van der Waals surface area contributed by atoms with Crippen LogP contribution in [0.4, 0.5) is 0 Å². The van der Waals surface area contributed by atoms with Gasteiger partial charge in [-0.25, -0.2) is 4.98 Å². The number of hydrogen-bond acceptors (Lipinski definition) is 4. The summed E-state index contributed by atoms with van der Waals surface area (Å²) >= 11 is 0. The van der Waals surface area contributed by atoms with E-state index >= 15 is 0 Å². The van der Waals surface area contributed by atoms with E-state index in [1.807, 2.05) is 20.2 Å². The molecule has 2 rings (SSSR count). The fourth-order valence-electron chi connectivity index (χ4n) is 2.09. The summed E-state index contributed by atoms with van der Waals surface area (Å²) in [4.78, 5) is 4.35. The highest BCUT2D eigenvalue weighted by atomic mass is 16.4. The van der Waals surface area contributed by atoms with Gasteiger partial charge in [-0.2, -0.15) is 5.10 Å². The zero-order chi connectivity index (χ0) is 14.8. The Balaban J connectivity index is 1.91. The summed E-state index contributed by atoms with van der Waals surface area (Å²) in [5, 5.41) is 7.78. The summed E-state index contributed by atoms with van der Waals surface area (Å²) < 4.78 is 7.60. The molecule has 0 amide bonds. The average Bonchev–Trinajstić information content (AvgIpc) is 2.90. The first-order valence-corrected chi connectivity index (χ1v) is 7.05. The van der Waals surface area contributed by atoms with Gasteiger partial charge in [-0.1, -0.05) is 0 Å². The fraction of sp³-hybridized carbons (Fsp3) is 0.600. The number of nitrogens with zero attached hydrogens (tertiary/aromatic N) is 3. The van der Waals surface area contributed by atoms with Gasteiger partial charge >= 0.3 is 0 Å². The van der Waals surface area contributed by atoms with Gasteiger partial charge in [-0.15, -0.1) is 0 Å². The lowest BCUT2D eigenvalue weighted by molar-refractivity contribution is 0.412. The number of oxazole rings is 1. The number of aryl methyl sites for hydroxylation is 3. The zero-order valence-electron chi connectivity index (χ0n) is 13.0. The second-order valence-electron chi connectivity index (χ2n) is 6.20. The zero-order valence-corrected chi connectivity index (χ0v) is 13.0.